The Bertz CT molecular complexity index is 537. The van der Waals surface area contributed by atoms with Crippen LogP contribution in [0.2, 0.25) is 0 Å². The average molecular weight is 230 g/mol. The van der Waals surface area contributed by atoms with Crippen molar-refractivity contribution < 1.29 is 19.1 Å². The van der Waals surface area contributed by atoms with Crippen LogP contribution in [0.15, 0.2) is 40.8 Å². The highest BCUT2D eigenvalue weighted by Crippen LogP contribution is 2.13. The van der Waals surface area contributed by atoms with E-state index >= 15 is 0 Å². The summed E-state index contributed by atoms with van der Waals surface area (Å²) >= 11 is 0. The van der Waals surface area contributed by atoms with E-state index in [0.29, 0.717) is 24.2 Å². The molecule has 2 aromatic rings. The second-order valence-electron chi connectivity index (χ2n) is 3.60. The van der Waals surface area contributed by atoms with E-state index in [0.717, 1.165) is 5.56 Å². The lowest BCUT2D eigenvalue weighted by molar-refractivity contribution is 0.0696. The van der Waals surface area contributed by atoms with Crippen LogP contribution in [0.4, 0.5) is 0 Å². The van der Waals surface area contributed by atoms with Crippen molar-refractivity contribution in [1.82, 2.24) is 0 Å². The minimum absolute atomic E-state index is 0.252. The molecule has 0 unspecified atom stereocenters. The van der Waals surface area contributed by atoms with Crippen LogP contribution in [0.5, 0.6) is 0 Å². The minimum atomic E-state index is -0.946. The molecule has 0 spiro atoms. The van der Waals surface area contributed by atoms with Crippen molar-refractivity contribution in [3.8, 4) is 0 Å². The summed E-state index contributed by atoms with van der Waals surface area (Å²) in [6.07, 6.45) is 1.19. The van der Waals surface area contributed by atoms with E-state index in [9.17, 15) is 9.59 Å². The Morgan fingerprint density at radius 2 is 1.88 bits per heavy atom. The van der Waals surface area contributed by atoms with E-state index in [1.54, 1.807) is 36.4 Å². The molecule has 0 aliphatic heterocycles. The predicted octanol–water partition coefficient (Wildman–Crippen LogP) is 2.38. The number of hydrogen-bond donors (Lipinski definition) is 1. The number of aromatic carboxylic acids is 1. The highest BCUT2D eigenvalue weighted by molar-refractivity contribution is 5.87. The summed E-state index contributed by atoms with van der Waals surface area (Å²) < 4.78 is 5.23. The average Bonchev–Trinajstić information content (AvgIpc) is 2.77. The number of carboxylic acid groups (broad SMARTS) is 1. The molecule has 0 radical (unpaired) electrons. The van der Waals surface area contributed by atoms with Crippen LogP contribution in [0.1, 0.15) is 32.2 Å². The van der Waals surface area contributed by atoms with Gasteiger partial charge in [-0.3, -0.25) is 4.79 Å². The first kappa shape index (κ1) is 11.1. The van der Waals surface area contributed by atoms with Gasteiger partial charge < -0.3 is 9.52 Å². The van der Waals surface area contributed by atoms with Gasteiger partial charge in [-0.05, 0) is 29.8 Å². The fourth-order valence-electron chi connectivity index (χ4n) is 1.52. The summed E-state index contributed by atoms with van der Waals surface area (Å²) in [6, 6.07) is 9.88. The third kappa shape index (κ3) is 2.60. The number of carboxylic acids is 1. The molecule has 0 aliphatic carbocycles. The van der Waals surface area contributed by atoms with E-state index in [2.05, 4.69) is 0 Å². The normalized spacial score (nSPS) is 10.1. The number of furan rings is 1. The minimum Gasteiger partial charge on any atom is -0.478 e. The summed E-state index contributed by atoms with van der Waals surface area (Å²) in [5, 5.41) is 8.74. The molecule has 2 rings (SSSR count). The molecular weight excluding hydrogens is 220 g/mol. The van der Waals surface area contributed by atoms with Crippen molar-refractivity contribution in [2.75, 3.05) is 0 Å². The smallest absolute Gasteiger partial charge is 0.335 e. The Labute approximate surface area is 97.5 Å². The molecule has 0 saturated heterocycles. The molecule has 1 aromatic carbocycles. The van der Waals surface area contributed by atoms with Gasteiger partial charge in [0.1, 0.15) is 5.76 Å². The maximum absolute atomic E-state index is 10.7. The second-order valence-corrected chi connectivity index (χ2v) is 3.60. The van der Waals surface area contributed by atoms with Crippen LogP contribution in [0.3, 0.4) is 0 Å². The standard InChI is InChI=1S/C13H10O4/c14-8-12-6-5-11(17-12)7-9-1-3-10(4-2-9)13(15)16/h1-6,8H,7H2,(H,15,16). The van der Waals surface area contributed by atoms with Crippen molar-refractivity contribution >= 4 is 12.3 Å². The van der Waals surface area contributed by atoms with Crippen LogP contribution in [0.25, 0.3) is 0 Å². The zero-order valence-electron chi connectivity index (χ0n) is 8.92. The molecule has 0 fully saturated rings. The molecule has 0 bridgehead atoms. The SMILES string of the molecule is O=Cc1ccc(Cc2ccc(C(=O)O)cc2)o1. The molecule has 0 aliphatic rings. The predicted molar refractivity (Wildman–Crippen MR) is 60.3 cm³/mol. The molecule has 0 amide bonds. The van der Waals surface area contributed by atoms with Crippen LogP contribution >= 0.6 is 0 Å². The maximum atomic E-state index is 10.7. The summed E-state index contributed by atoms with van der Waals surface area (Å²) in [7, 11) is 0. The second kappa shape index (κ2) is 4.65. The lowest BCUT2D eigenvalue weighted by atomic mass is 10.1. The number of rotatable bonds is 4. The molecule has 1 N–H and O–H groups in total. The molecule has 1 heterocycles. The van der Waals surface area contributed by atoms with Gasteiger partial charge in [0.15, 0.2) is 12.0 Å². The van der Waals surface area contributed by atoms with Crippen molar-refractivity contribution in [2.24, 2.45) is 0 Å². The number of carbonyl (C=O) groups excluding carboxylic acids is 1. The first-order valence-electron chi connectivity index (χ1n) is 5.05. The van der Waals surface area contributed by atoms with Gasteiger partial charge in [0, 0.05) is 6.42 Å². The quantitative estimate of drug-likeness (QED) is 0.819. The van der Waals surface area contributed by atoms with Crippen molar-refractivity contribution in [1.29, 1.82) is 0 Å². The topological polar surface area (TPSA) is 67.5 Å². The van der Waals surface area contributed by atoms with Crippen molar-refractivity contribution in [2.45, 2.75) is 6.42 Å². The summed E-state index contributed by atoms with van der Waals surface area (Å²) in [5.41, 5.74) is 1.18. The zero-order chi connectivity index (χ0) is 12.3. The Kier molecular flexibility index (Phi) is 3.05. The summed E-state index contributed by atoms with van der Waals surface area (Å²) in [4.78, 5) is 21.1. The first-order chi connectivity index (χ1) is 8.19. The Morgan fingerprint density at radius 3 is 2.41 bits per heavy atom. The number of benzene rings is 1. The molecule has 86 valence electrons. The van der Waals surface area contributed by atoms with Gasteiger partial charge in [-0.1, -0.05) is 12.1 Å². The fraction of sp³-hybridized carbons (Fsp3) is 0.0769. The van der Waals surface area contributed by atoms with E-state index in [1.807, 2.05) is 0 Å². The molecule has 4 nitrogen and oxygen atoms in total. The van der Waals surface area contributed by atoms with Crippen LogP contribution in [0, 0.1) is 0 Å². The van der Waals surface area contributed by atoms with Crippen LogP contribution < -0.4 is 0 Å². The van der Waals surface area contributed by atoms with Gasteiger partial charge in [0.2, 0.25) is 0 Å². The molecular formula is C13H10O4. The van der Waals surface area contributed by atoms with Gasteiger partial charge in [-0.2, -0.15) is 0 Å². The largest absolute Gasteiger partial charge is 0.478 e. The van der Waals surface area contributed by atoms with Gasteiger partial charge >= 0.3 is 5.97 Å². The lowest BCUT2D eigenvalue weighted by Crippen LogP contribution is -1.96. The van der Waals surface area contributed by atoms with E-state index in [-0.39, 0.29) is 5.56 Å². The van der Waals surface area contributed by atoms with E-state index < -0.39 is 5.97 Å². The fourth-order valence-corrected chi connectivity index (χ4v) is 1.52. The van der Waals surface area contributed by atoms with Gasteiger partial charge in [0.05, 0.1) is 5.56 Å². The third-order valence-corrected chi connectivity index (χ3v) is 2.38. The van der Waals surface area contributed by atoms with E-state index in [1.165, 1.54) is 0 Å². The van der Waals surface area contributed by atoms with E-state index in [4.69, 9.17) is 9.52 Å². The third-order valence-electron chi connectivity index (χ3n) is 2.38. The number of aldehydes is 1. The first-order valence-corrected chi connectivity index (χ1v) is 5.05. The summed E-state index contributed by atoms with van der Waals surface area (Å²) in [6.45, 7) is 0. The summed E-state index contributed by atoms with van der Waals surface area (Å²) in [5.74, 6) is 0.0233. The van der Waals surface area contributed by atoms with Gasteiger partial charge in [0.25, 0.3) is 0 Å². The van der Waals surface area contributed by atoms with Crippen LogP contribution in [-0.2, 0) is 6.42 Å². The lowest BCUT2D eigenvalue weighted by Gasteiger charge is -1.99. The Balaban J connectivity index is 2.13. The molecule has 4 heteroatoms. The highest BCUT2D eigenvalue weighted by atomic mass is 16.4. The molecule has 17 heavy (non-hydrogen) atoms. The van der Waals surface area contributed by atoms with Gasteiger partial charge in [-0.25, -0.2) is 4.79 Å². The zero-order valence-corrected chi connectivity index (χ0v) is 8.92. The van der Waals surface area contributed by atoms with Gasteiger partial charge in [-0.15, -0.1) is 0 Å². The van der Waals surface area contributed by atoms with Crippen molar-refractivity contribution in [3.63, 3.8) is 0 Å². The highest BCUT2D eigenvalue weighted by Gasteiger charge is 2.05. The van der Waals surface area contributed by atoms with Crippen molar-refractivity contribution in [3.05, 3.63) is 59.0 Å². The monoisotopic (exact) mass is 230 g/mol. The number of hydrogen-bond acceptors (Lipinski definition) is 3. The molecule has 1 aromatic heterocycles. The maximum Gasteiger partial charge on any atom is 0.335 e. The Morgan fingerprint density at radius 1 is 1.18 bits per heavy atom. The number of carbonyl (C=O) groups is 2. The molecule has 0 atom stereocenters. The Hall–Kier alpha value is -2.36. The molecule has 0 saturated carbocycles. The van der Waals surface area contributed by atoms with Crippen LogP contribution in [-0.4, -0.2) is 17.4 Å².